The van der Waals surface area contributed by atoms with Gasteiger partial charge in [-0.25, -0.2) is 28.8 Å². The van der Waals surface area contributed by atoms with Crippen molar-refractivity contribution in [2.75, 3.05) is 13.2 Å². The van der Waals surface area contributed by atoms with E-state index in [1.807, 2.05) is 50.3 Å². The van der Waals surface area contributed by atoms with Crippen LogP contribution in [0.3, 0.4) is 0 Å². The molecule has 37 heavy (non-hydrogen) atoms. The highest BCUT2D eigenvalue weighted by Gasteiger charge is 2.10. The van der Waals surface area contributed by atoms with E-state index in [1.165, 1.54) is 5.56 Å². The van der Waals surface area contributed by atoms with Gasteiger partial charge in [0.2, 0.25) is 0 Å². The molecule has 0 saturated heterocycles. The summed E-state index contributed by atoms with van der Waals surface area (Å²) in [4.78, 5) is 60.7. The molecule has 2 rings (SSSR count). The number of aliphatic carboxylic acids is 2. The fourth-order valence-electron chi connectivity index (χ4n) is 1.67. The number of benzene rings is 1. The monoisotopic (exact) mass is 518 g/mol. The number of hydrogen-bond acceptors (Lipinski definition) is 9. The Morgan fingerprint density at radius 2 is 1.19 bits per heavy atom. The lowest BCUT2D eigenvalue weighted by atomic mass is 10.2. The van der Waals surface area contributed by atoms with Crippen molar-refractivity contribution in [3.8, 4) is 0 Å². The molecule has 1 heterocycles. The van der Waals surface area contributed by atoms with Gasteiger partial charge in [-0.05, 0) is 18.4 Å². The summed E-state index contributed by atoms with van der Waals surface area (Å²) in [6.07, 6.45) is 8.80. The maximum Gasteiger partial charge on any atom is 0.338 e. The maximum atomic E-state index is 10.9. The largest absolute Gasteiger partial charge is 0.478 e. The molecule has 11 heteroatoms. The number of carbonyl (C=O) groups excluding carboxylic acids is 4. The summed E-state index contributed by atoms with van der Waals surface area (Å²) in [7, 11) is 0. The van der Waals surface area contributed by atoms with Crippen LogP contribution in [0, 0.1) is 0 Å². The molecule has 0 amide bonds. The number of ether oxygens (including phenoxy) is 3. The van der Waals surface area contributed by atoms with Gasteiger partial charge in [-0.15, -0.1) is 0 Å². The highest BCUT2D eigenvalue weighted by atomic mass is 16.6. The van der Waals surface area contributed by atoms with Crippen molar-refractivity contribution in [1.82, 2.24) is 0 Å². The van der Waals surface area contributed by atoms with E-state index in [4.69, 9.17) is 19.7 Å². The Morgan fingerprint density at radius 3 is 1.43 bits per heavy atom. The number of carbonyl (C=O) groups is 6. The molecular weight excluding hydrogens is 488 g/mol. The number of cyclic esters (lactones) is 2. The zero-order chi connectivity index (χ0) is 28.5. The number of carboxylic acid groups (broad SMARTS) is 2. The lowest BCUT2D eigenvalue weighted by molar-refractivity contribution is -0.150. The Kier molecular flexibility index (Phi) is 21.3. The second-order valence-corrected chi connectivity index (χ2v) is 6.37. The summed E-state index contributed by atoms with van der Waals surface area (Å²) in [6, 6.07) is 10.0. The third kappa shape index (κ3) is 25.7. The van der Waals surface area contributed by atoms with Crippen molar-refractivity contribution in [2.24, 2.45) is 0 Å². The van der Waals surface area contributed by atoms with E-state index in [2.05, 4.69) is 11.3 Å². The third-order valence-electron chi connectivity index (χ3n) is 3.21. The highest BCUT2D eigenvalue weighted by molar-refractivity contribution is 6.04. The van der Waals surface area contributed by atoms with Crippen LogP contribution in [0.25, 0.3) is 6.08 Å². The minimum atomic E-state index is -1.26. The fraction of sp³-hybridized carbons (Fsp3) is 0.231. The molecule has 1 aliphatic rings. The van der Waals surface area contributed by atoms with Gasteiger partial charge in [0, 0.05) is 36.5 Å². The van der Waals surface area contributed by atoms with Gasteiger partial charge in [-0.1, -0.05) is 56.8 Å². The van der Waals surface area contributed by atoms with Crippen molar-refractivity contribution in [3.05, 3.63) is 78.9 Å². The predicted octanol–water partition coefficient (Wildman–Crippen LogP) is 3.12. The Balaban J connectivity index is 0. The average Bonchev–Trinajstić information content (AvgIpc) is 3.27. The van der Waals surface area contributed by atoms with Gasteiger partial charge >= 0.3 is 35.8 Å². The molecule has 1 aliphatic heterocycles. The second-order valence-electron chi connectivity index (χ2n) is 6.37. The molecule has 0 radical (unpaired) electrons. The number of esters is 4. The van der Waals surface area contributed by atoms with E-state index in [0.717, 1.165) is 37.1 Å². The van der Waals surface area contributed by atoms with Crippen LogP contribution in [0.1, 0.15) is 32.3 Å². The van der Waals surface area contributed by atoms with Crippen molar-refractivity contribution >= 4 is 41.9 Å². The molecule has 0 fully saturated rings. The maximum absolute atomic E-state index is 10.9. The number of rotatable bonds is 9. The lowest BCUT2D eigenvalue weighted by Crippen LogP contribution is -2.05. The minimum Gasteiger partial charge on any atom is -0.478 e. The van der Waals surface area contributed by atoms with Crippen molar-refractivity contribution in [1.29, 1.82) is 0 Å². The van der Waals surface area contributed by atoms with Gasteiger partial charge in [-0.3, -0.25) is 0 Å². The molecular formula is C26H30O11. The van der Waals surface area contributed by atoms with Crippen LogP contribution in [0.4, 0.5) is 0 Å². The van der Waals surface area contributed by atoms with Crippen LogP contribution in [0.2, 0.25) is 0 Å². The first kappa shape index (κ1) is 34.4. The first-order valence-electron chi connectivity index (χ1n) is 10.8. The molecule has 1 aromatic rings. The topological polar surface area (TPSA) is 171 Å². The molecule has 0 unspecified atom stereocenters. The van der Waals surface area contributed by atoms with E-state index in [1.54, 1.807) is 0 Å². The smallest absolute Gasteiger partial charge is 0.338 e. The Hall–Kier alpha value is -4.80. The molecule has 2 N–H and O–H groups in total. The zero-order valence-corrected chi connectivity index (χ0v) is 20.5. The van der Waals surface area contributed by atoms with Crippen LogP contribution in [-0.4, -0.2) is 59.2 Å². The van der Waals surface area contributed by atoms with Crippen molar-refractivity contribution in [3.63, 3.8) is 0 Å². The van der Waals surface area contributed by atoms with Crippen LogP contribution >= 0.6 is 0 Å². The quantitative estimate of drug-likeness (QED) is 0.213. The Bertz CT molecular complexity index is 919. The summed E-state index contributed by atoms with van der Waals surface area (Å²) in [5, 5.41) is 15.6. The fourth-order valence-corrected chi connectivity index (χ4v) is 1.67. The minimum absolute atomic E-state index is 0.368. The molecule has 0 atom stereocenters. The Morgan fingerprint density at radius 1 is 0.784 bits per heavy atom. The van der Waals surface area contributed by atoms with Crippen molar-refractivity contribution < 1.29 is 53.2 Å². The van der Waals surface area contributed by atoms with Crippen molar-refractivity contribution in [2.45, 2.75) is 26.7 Å². The lowest BCUT2D eigenvalue weighted by Gasteiger charge is -1.98. The number of hydrogen-bond donors (Lipinski definition) is 2. The SMILES string of the molecule is C=Cc1ccccc1.CCCOC(=O)/C=C/C(=O)OCCC.O=C(O)/C=C/C(=O)O.O=C1C=CC(=O)O1. The molecule has 0 saturated carbocycles. The normalized spacial score (nSPS) is 11.1. The molecule has 0 bridgehead atoms. The van der Waals surface area contributed by atoms with Gasteiger partial charge in [0.15, 0.2) is 0 Å². The van der Waals surface area contributed by atoms with Gasteiger partial charge in [0.25, 0.3) is 0 Å². The number of carboxylic acids is 2. The standard InChI is InChI=1S/C10H16O4.C8H8.C4H4O4.C4H2O3/c1-3-7-13-9(11)5-6-10(12)14-8-4-2;1-2-8-6-4-3-5-7-8;5-3(6)1-2-4(7)8;5-3-1-2-4(6)7-3/h5-6H,3-4,7-8H2,1-2H3;2-7H,1H2;1-2H,(H,5,6)(H,7,8);1-2H/b6-5+;;2-1+;. The molecule has 1 aromatic carbocycles. The summed E-state index contributed by atoms with van der Waals surface area (Å²) in [6.45, 7) is 8.16. The van der Waals surface area contributed by atoms with Crippen LogP contribution < -0.4 is 0 Å². The third-order valence-corrected chi connectivity index (χ3v) is 3.21. The van der Waals surface area contributed by atoms with Gasteiger partial charge < -0.3 is 24.4 Å². The second kappa shape index (κ2) is 23.0. The van der Waals surface area contributed by atoms with Crippen LogP contribution in [0.15, 0.2) is 73.4 Å². The van der Waals surface area contributed by atoms with E-state index < -0.39 is 35.8 Å². The van der Waals surface area contributed by atoms with E-state index >= 15 is 0 Å². The van der Waals surface area contributed by atoms with Gasteiger partial charge in [-0.2, -0.15) is 0 Å². The molecule has 11 nitrogen and oxygen atoms in total. The van der Waals surface area contributed by atoms with Gasteiger partial charge in [0.05, 0.1) is 13.2 Å². The van der Waals surface area contributed by atoms with E-state index in [-0.39, 0.29) is 0 Å². The molecule has 200 valence electrons. The van der Waals surface area contributed by atoms with E-state index in [0.29, 0.717) is 25.4 Å². The molecule has 0 spiro atoms. The first-order valence-corrected chi connectivity index (χ1v) is 10.8. The van der Waals surface area contributed by atoms with Crippen LogP contribution in [0.5, 0.6) is 0 Å². The first-order chi connectivity index (χ1) is 17.5. The Labute approximate surface area is 214 Å². The molecule has 0 aliphatic carbocycles. The predicted molar refractivity (Wildman–Crippen MR) is 133 cm³/mol. The summed E-state index contributed by atoms with van der Waals surface area (Å²) >= 11 is 0. The van der Waals surface area contributed by atoms with E-state index in [9.17, 15) is 28.8 Å². The summed E-state index contributed by atoms with van der Waals surface area (Å²) < 4.78 is 13.4. The summed E-state index contributed by atoms with van der Waals surface area (Å²) in [5.41, 5.74) is 1.17. The zero-order valence-electron chi connectivity index (χ0n) is 20.5. The average molecular weight is 519 g/mol. The van der Waals surface area contributed by atoms with Crippen LogP contribution in [-0.2, 0) is 43.0 Å². The highest BCUT2D eigenvalue weighted by Crippen LogP contribution is 1.97. The molecule has 0 aromatic heterocycles. The summed E-state index contributed by atoms with van der Waals surface area (Å²) in [5.74, 6) is -4.70. The van der Waals surface area contributed by atoms with Gasteiger partial charge in [0.1, 0.15) is 0 Å².